The first kappa shape index (κ1) is 15.4. The van der Waals surface area contributed by atoms with E-state index in [1.165, 1.54) is 37.7 Å². The van der Waals surface area contributed by atoms with Crippen molar-refractivity contribution in [2.75, 3.05) is 6.54 Å². The Kier molecular flexibility index (Phi) is 5.90. The maximum Gasteiger partial charge on any atom is 0.115 e. The van der Waals surface area contributed by atoms with Gasteiger partial charge in [0.1, 0.15) is 5.75 Å². The van der Waals surface area contributed by atoms with Gasteiger partial charge in [-0.15, -0.1) is 0 Å². The van der Waals surface area contributed by atoms with E-state index in [9.17, 15) is 5.11 Å². The van der Waals surface area contributed by atoms with Crippen LogP contribution in [0.4, 0.5) is 0 Å². The second-order valence-corrected chi connectivity index (χ2v) is 6.27. The van der Waals surface area contributed by atoms with E-state index >= 15 is 0 Å². The maximum atomic E-state index is 9.63. The van der Waals surface area contributed by atoms with Gasteiger partial charge in [-0.05, 0) is 61.8 Å². The Bertz CT molecular complexity index is 404. The summed E-state index contributed by atoms with van der Waals surface area (Å²) in [6.45, 7) is 5.55. The van der Waals surface area contributed by atoms with Crippen LogP contribution in [0.3, 0.4) is 0 Å². The third-order valence-corrected chi connectivity index (χ3v) is 4.66. The van der Waals surface area contributed by atoms with Crippen LogP contribution >= 0.6 is 0 Å². The zero-order chi connectivity index (χ0) is 14.4. The molecule has 1 aliphatic carbocycles. The van der Waals surface area contributed by atoms with Crippen molar-refractivity contribution in [2.45, 2.75) is 58.4 Å². The topological polar surface area (TPSA) is 32.3 Å². The lowest BCUT2D eigenvalue weighted by Crippen LogP contribution is -2.41. The zero-order valence-electron chi connectivity index (χ0n) is 12.9. The van der Waals surface area contributed by atoms with Crippen LogP contribution in [-0.2, 0) is 6.42 Å². The molecule has 0 radical (unpaired) electrons. The fraction of sp³-hybridized carbons (Fsp3) is 0.667. The van der Waals surface area contributed by atoms with E-state index in [2.05, 4.69) is 25.2 Å². The Morgan fingerprint density at radius 1 is 1.25 bits per heavy atom. The molecule has 112 valence electrons. The average molecular weight is 275 g/mol. The van der Waals surface area contributed by atoms with Crippen LogP contribution in [0.2, 0.25) is 0 Å². The van der Waals surface area contributed by atoms with Crippen molar-refractivity contribution in [1.29, 1.82) is 0 Å². The van der Waals surface area contributed by atoms with Gasteiger partial charge in [-0.3, -0.25) is 0 Å². The van der Waals surface area contributed by atoms with E-state index < -0.39 is 0 Å². The highest BCUT2D eigenvalue weighted by molar-refractivity contribution is 5.27. The molecular formula is C18H29NO. The number of hydrogen-bond donors (Lipinski definition) is 2. The predicted octanol–water partition coefficient (Wildman–Crippen LogP) is 4.13. The van der Waals surface area contributed by atoms with Gasteiger partial charge in [0, 0.05) is 6.04 Å². The van der Waals surface area contributed by atoms with Gasteiger partial charge in [0.2, 0.25) is 0 Å². The summed E-state index contributed by atoms with van der Waals surface area (Å²) in [5, 5.41) is 13.3. The second-order valence-electron chi connectivity index (χ2n) is 6.27. The number of hydrogen-bond acceptors (Lipinski definition) is 2. The number of benzene rings is 1. The summed E-state index contributed by atoms with van der Waals surface area (Å²) in [4.78, 5) is 0. The summed E-state index contributed by atoms with van der Waals surface area (Å²) < 4.78 is 0. The zero-order valence-corrected chi connectivity index (χ0v) is 12.9. The third-order valence-electron chi connectivity index (χ3n) is 4.66. The number of phenols is 1. The van der Waals surface area contributed by atoms with E-state index in [4.69, 9.17) is 0 Å². The van der Waals surface area contributed by atoms with Crippen LogP contribution in [0.1, 0.15) is 51.5 Å². The van der Waals surface area contributed by atoms with Crippen molar-refractivity contribution in [1.82, 2.24) is 5.32 Å². The van der Waals surface area contributed by atoms with Gasteiger partial charge in [-0.25, -0.2) is 0 Å². The van der Waals surface area contributed by atoms with Gasteiger partial charge in [0.05, 0.1) is 0 Å². The Balaban J connectivity index is 2.02. The van der Waals surface area contributed by atoms with Gasteiger partial charge in [0.15, 0.2) is 0 Å². The van der Waals surface area contributed by atoms with Crippen LogP contribution in [0, 0.1) is 11.8 Å². The summed E-state index contributed by atoms with van der Waals surface area (Å²) in [7, 11) is 0. The SMILES string of the molecule is CCCC1CCC(NCC)C(Cc2cccc(O)c2)C1. The minimum absolute atomic E-state index is 0.392. The standard InChI is InChI=1S/C18H29NO/c1-3-6-14-9-10-18(19-4-2)16(11-14)12-15-7-5-8-17(20)13-15/h5,7-8,13-14,16,18-20H,3-4,6,9-12H2,1-2H3. The van der Waals surface area contributed by atoms with E-state index in [0.717, 1.165) is 18.9 Å². The van der Waals surface area contributed by atoms with Crippen molar-refractivity contribution < 1.29 is 5.11 Å². The monoisotopic (exact) mass is 275 g/mol. The Morgan fingerprint density at radius 3 is 2.80 bits per heavy atom. The molecule has 0 bridgehead atoms. The Morgan fingerprint density at radius 2 is 2.10 bits per heavy atom. The molecule has 1 fully saturated rings. The molecule has 2 rings (SSSR count). The van der Waals surface area contributed by atoms with Gasteiger partial charge in [-0.2, -0.15) is 0 Å². The number of aromatic hydroxyl groups is 1. The van der Waals surface area contributed by atoms with E-state index in [0.29, 0.717) is 17.7 Å². The van der Waals surface area contributed by atoms with E-state index in [1.54, 1.807) is 6.07 Å². The fourth-order valence-electron chi connectivity index (χ4n) is 3.77. The second kappa shape index (κ2) is 7.68. The quantitative estimate of drug-likeness (QED) is 0.818. The molecule has 0 heterocycles. The molecular weight excluding hydrogens is 246 g/mol. The van der Waals surface area contributed by atoms with Gasteiger partial charge >= 0.3 is 0 Å². The number of nitrogens with one attached hydrogen (secondary N) is 1. The van der Waals surface area contributed by atoms with Crippen LogP contribution in [0.5, 0.6) is 5.75 Å². The summed E-state index contributed by atoms with van der Waals surface area (Å²) in [6.07, 6.45) is 7.78. The minimum Gasteiger partial charge on any atom is -0.508 e. The minimum atomic E-state index is 0.392. The first-order chi connectivity index (χ1) is 9.72. The molecule has 2 heteroatoms. The normalized spacial score (nSPS) is 26.6. The summed E-state index contributed by atoms with van der Waals surface area (Å²) in [6, 6.07) is 8.43. The van der Waals surface area contributed by atoms with E-state index in [-0.39, 0.29) is 0 Å². The maximum absolute atomic E-state index is 9.63. The highest BCUT2D eigenvalue weighted by Crippen LogP contribution is 2.34. The molecule has 0 spiro atoms. The Labute approximate surface area is 123 Å². The largest absolute Gasteiger partial charge is 0.508 e. The molecule has 0 amide bonds. The molecule has 2 nitrogen and oxygen atoms in total. The van der Waals surface area contributed by atoms with Gasteiger partial charge in [0.25, 0.3) is 0 Å². The summed E-state index contributed by atoms with van der Waals surface area (Å²) in [5.74, 6) is 2.00. The average Bonchev–Trinajstić information content (AvgIpc) is 2.42. The van der Waals surface area contributed by atoms with E-state index in [1.807, 2.05) is 12.1 Å². The lowest BCUT2D eigenvalue weighted by atomic mass is 9.74. The first-order valence-corrected chi connectivity index (χ1v) is 8.24. The predicted molar refractivity (Wildman–Crippen MR) is 85.0 cm³/mol. The van der Waals surface area contributed by atoms with Crippen LogP contribution in [-0.4, -0.2) is 17.7 Å². The molecule has 2 N–H and O–H groups in total. The van der Waals surface area contributed by atoms with Crippen LogP contribution < -0.4 is 5.32 Å². The molecule has 1 saturated carbocycles. The number of rotatable bonds is 6. The molecule has 0 saturated heterocycles. The van der Waals surface area contributed by atoms with Crippen molar-refractivity contribution in [3.63, 3.8) is 0 Å². The molecule has 0 aromatic heterocycles. The molecule has 1 aromatic rings. The van der Waals surface area contributed by atoms with Crippen molar-refractivity contribution in [3.8, 4) is 5.75 Å². The summed E-state index contributed by atoms with van der Waals surface area (Å²) >= 11 is 0. The fourth-order valence-corrected chi connectivity index (χ4v) is 3.77. The third kappa shape index (κ3) is 4.24. The molecule has 3 atom stereocenters. The van der Waals surface area contributed by atoms with Crippen molar-refractivity contribution >= 4 is 0 Å². The molecule has 0 aliphatic heterocycles. The molecule has 1 aromatic carbocycles. The van der Waals surface area contributed by atoms with Crippen LogP contribution in [0.15, 0.2) is 24.3 Å². The lowest BCUT2D eigenvalue weighted by Gasteiger charge is -2.37. The molecule has 20 heavy (non-hydrogen) atoms. The molecule has 1 aliphatic rings. The highest BCUT2D eigenvalue weighted by Gasteiger charge is 2.29. The highest BCUT2D eigenvalue weighted by atomic mass is 16.3. The van der Waals surface area contributed by atoms with Crippen molar-refractivity contribution in [2.24, 2.45) is 11.8 Å². The number of phenolic OH excluding ortho intramolecular Hbond substituents is 1. The Hall–Kier alpha value is -1.02. The van der Waals surface area contributed by atoms with Gasteiger partial charge < -0.3 is 10.4 Å². The molecule has 3 unspecified atom stereocenters. The first-order valence-electron chi connectivity index (χ1n) is 8.24. The van der Waals surface area contributed by atoms with Crippen molar-refractivity contribution in [3.05, 3.63) is 29.8 Å². The van der Waals surface area contributed by atoms with Crippen LogP contribution in [0.25, 0.3) is 0 Å². The lowest BCUT2D eigenvalue weighted by molar-refractivity contribution is 0.195. The summed E-state index contributed by atoms with van der Waals surface area (Å²) in [5.41, 5.74) is 1.27. The smallest absolute Gasteiger partial charge is 0.115 e. The van der Waals surface area contributed by atoms with Gasteiger partial charge in [-0.1, -0.05) is 38.8 Å².